The molecule has 1 amide bonds. The van der Waals surface area contributed by atoms with Crippen LogP contribution in [-0.2, 0) is 11.0 Å². The summed E-state index contributed by atoms with van der Waals surface area (Å²) in [7, 11) is 0. The van der Waals surface area contributed by atoms with Crippen molar-refractivity contribution in [3.63, 3.8) is 0 Å². The van der Waals surface area contributed by atoms with E-state index < -0.39 is 23.2 Å². The zero-order valence-electron chi connectivity index (χ0n) is 12.6. The van der Waals surface area contributed by atoms with Crippen molar-refractivity contribution in [3.8, 4) is 6.07 Å². The zero-order valence-corrected chi connectivity index (χ0v) is 13.3. The lowest BCUT2D eigenvalue weighted by Gasteiger charge is -2.12. The monoisotopic (exact) mass is 365 g/mol. The first-order valence-corrected chi connectivity index (χ1v) is 7.29. The Kier molecular flexibility index (Phi) is 5.67. The van der Waals surface area contributed by atoms with E-state index in [0.29, 0.717) is 0 Å². The normalized spacial score (nSPS) is 11.6. The van der Waals surface area contributed by atoms with Gasteiger partial charge in [-0.15, -0.1) is 0 Å². The number of nitrogens with zero attached hydrogens (tertiary/aromatic N) is 1. The van der Waals surface area contributed by atoms with Crippen molar-refractivity contribution in [2.75, 3.05) is 10.6 Å². The summed E-state index contributed by atoms with van der Waals surface area (Å²) in [5.41, 5.74) is -1.30. The van der Waals surface area contributed by atoms with Gasteiger partial charge in [-0.05, 0) is 24.3 Å². The summed E-state index contributed by atoms with van der Waals surface area (Å²) in [6.45, 7) is 0. The summed E-state index contributed by atoms with van der Waals surface area (Å²) in [5, 5.41) is 14.1. The van der Waals surface area contributed by atoms with Crippen molar-refractivity contribution in [2.45, 2.75) is 6.18 Å². The van der Waals surface area contributed by atoms with E-state index in [1.807, 2.05) is 0 Å². The van der Waals surface area contributed by atoms with Gasteiger partial charge >= 0.3 is 6.18 Å². The largest absolute Gasteiger partial charge is 0.418 e. The molecule has 0 aliphatic carbocycles. The number of nitrogens with one attached hydrogen (secondary N) is 2. The van der Waals surface area contributed by atoms with Crippen LogP contribution < -0.4 is 10.6 Å². The number of carbonyl (C=O) groups excluding carboxylic acids is 1. The third kappa shape index (κ3) is 4.75. The maximum absolute atomic E-state index is 12.9. The second kappa shape index (κ2) is 7.73. The van der Waals surface area contributed by atoms with Gasteiger partial charge in [-0.3, -0.25) is 4.79 Å². The lowest BCUT2D eigenvalue weighted by atomic mass is 10.1. The van der Waals surface area contributed by atoms with Crippen molar-refractivity contribution >= 4 is 28.9 Å². The van der Waals surface area contributed by atoms with E-state index in [-0.39, 0.29) is 16.4 Å². The standard InChI is InChI=1S/C17H11ClF3N3O/c18-13-6-2-4-8-15(13)24-16(25)11(9-22)10-23-14-7-3-1-5-12(14)17(19,20)21/h1-8,10,23H,(H,24,25)/b11-10-. The van der Waals surface area contributed by atoms with Crippen LogP contribution in [0.4, 0.5) is 24.5 Å². The van der Waals surface area contributed by atoms with Gasteiger partial charge in [0.2, 0.25) is 0 Å². The van der Waals surface area contributed by atoms with Crippen molar-refractivity contribution in [1.82, 2.24) is 0 Å². The Morgan fingerprint density at radius 1 is 1.08 bits per heavy atom. The SMILES string of the molecule is N#C/C(=C/Nc1ccccc1C(F)(F)F)C(=O)Nc1ccccc1Cl. The van der Waals surface area contributed by atoms with Crippen molar-refractivity contribution < 1.29 is 18.0 Å². The van der Waals surface area contributed by atoms with Gasteiger partial charge in [0.25, 0.3) is 5.91 Å². The second-order valence-electron chi connectivity index (χ2n) is 4.79. The summed E-state index contributed by atoms with van der Waals surface area (Å²) in [5.74, 6) is -0.799. The highest BCUT2D eigenvalue weighted by molar-refractivity contribution is 6.33. The first-order chi connectivity index (χ1) is 11.8. The van der Waals surface area contributed by atoms with Crippen LogP contribution in [0.2, 0.25) is 5.02 Å². The Morgan fingerprint density at radius 2 is 1.68 bits per heavy atom. The van der Waals surface area contributed by atoms with Crippen LogP contribution in [0.25, 0.3) is 0 Å². The molecular formula is C17H11ClF3N3O. The van der Waals surface area contributed by atoms with E-state index in [2.05, 4.69) is 10.6 Å². The topological polar surface area (TPSA) is 64.9 Å². The molecule has 2 aromatic carbocycles. The number of benzene rings is 2. The quantitative estimate of drug-likeness (QED) is 0.603. The van der Waals surface area contributed by atoms with Gasteiger partial charge in [0, 0.05) is 6.20 Å². The third-order valence-electron chi connectivity index (χ3n) is 3.09. The van der Waals surface area contributed by atoms with Crippen LogP contribution in [0.15, 0.2) is 60.3 Å². The summed E-state index contributed by atoms with van der Waals surface area (Å²) in [4.78, 5) is 12.1. The highest BCUT2D eigenvalue weighted by Crippen LogP contribution is 2.34. The fraction of sp³-hybridized carbons (Fsp3) is 0.0588. The van der Waals surface area contributed by atoms with Gasteiger partial charge in [0.15, 0.2) is 0 Å². The zero-order chi connectivity index (χ0) is 18.4. The van der Waals surface area contributed by atoms with Crippen LogP contribution in [0.5, 0.6) is 0 Å². The van der Waals surface area contributed by atoms with E-state index in [9.17, 15) is 18.0 Å². The summed E-state index contributed by atoms with van der Waals surface area (Å²) >= 11 is 5.90. The third-order valence-corrected chi connectivity index (χ3v) is 3.42. The molecule has 0 aliphatic heterocycles. The highest BCUT2D eigenvalue weighted by Gasteiger charge is 2.33. The van der Waals surface area contributed by atoms with Crippen LogP contribution >= 0.6 is 11.6 Å². The van der Waals surface area contributed by atoms with Crippen LogP contribution in [0.1, 0.15) is 5.56 Å². The Morgan fingerprint density at radius 3 is 2.28 bits per heavy atom. The minimum Gasteiger partial charge on any atom is -0.360 e. The van der Waals surface area contributed by atoms with Crippen molar-refractivity contribution in [3.05, 3.63) is 70.9 Å². The van der Waals surface area contributed by atoms with E-state index in [4.69, 9.17) is 16.9 Å². The minimum absolute atomic E-state index is 0.267. The number of nitriles is 1. The number of para-hydroxylation sites is 2. The average molecular weight is 366 g/mol. The summed E-state index contributed by atoms with van der Waals surface area (Å²) in [6, 6.07) is 12.7. The number of carbonyl (C=O) groups is 1. The van der Waals surface area contributed by atoms with Gasteiger partial charge in [-0.1, -0.05) is 35.9 Å². The molecule has 0 saturated heterocycles. The van der Waals surface area contributed by atoms with Crippen molar-refractivity contribution in [1.29, 1.82) is 5.26 Å². The van der Waals surface area contributed by atoms with E-state index in [1.165, 1.54) is 24.3 Å². The molecule has 8 heteroatoms. The lowest BCUT2D eigenvalue weighted by Crippen LogP contribution is -2.15. The Labute approximate surface area is 146 Å². The maximum Gasteiger partial charge on any atom is 0.418 e. The predicted octanol–water partition coefficient (Wildman–Crippen LogP) is 4.82. The molecule has 4 nitrogen and oxygen atoms in total. The lowest BCUT2D eigenvalue weighted by molar-refractivity contribution is -0.136. The van der Waals surface area contributed by atoms with Crippen LogP contribution in [0.3, 0.4) is 0 Å². The van der Waals surface area contributed by atoms with Gasteiger partial charge in [-0.2, -0.15) is 18.4 Å². The molecule has 2 aromatic rings. The van der Waals surface area contributed by atoms with Gasteiger partial charge in [0.05, 0.1) is 22.0 Å². The van der Waals surface area contributed by atoms with Crippen molar-refractivity contribution in [2.24, 2.45) is 0 Å². The molecule has 0 aliphatic rings. The van der Waals surface area contributed by atoms with E-state index in [1.54, 1.807) is 24.3 Å². The predicted molar refractivity (Wildman–Crippen MR) is 88.8 cm³/mol. The number of alkyl halides is 3. The summed E-state index contributed by atoms with van der Waals surface area (Å²) in [6.07, 6.45) is -3.65. The van der Waals surface area contributed by atoms with Crippen LogP contribution in [0, 0.1) is 11.3 Å². The van der Waals surface area contributed by atoms with Gasteiger partial charge in [-0.25, -0.2) is 0 Å². The first-order valence-electron chi connectivity index (χ1n) is 6.92. The van der Waals surface area contributed by atoms with Crippen LogP contribution in [-0.4, -0.2) is 5.91 Å². The molecule has 0 fully saturated rings. The molecule has 0 atom stereocenters. The molecule has 0 bridgehead atoms. The first kappa shape index (κ1) is 18.4. The Hall–Kier alpha value is -2.98. The second-order valence-corrected chi connectivity index (χ2v) is 5.20. The fourth-order valence-electron chi connectivity index (χ4n) is 1.91. The highest BCUT2D eigenvalue weighted by atomic mass is 35.5. The van der Waals surface area contributed by atoms with Gasteiger partial charge < -0.3 is 10.6 Å². The number of halogens is 4. The smallest absolute Gasteiger partial charge is 0.360 e. The molecule has 0 heterocycles. The number of anilines is 2. The van der Waals surface area contributed by atoms with E-state index in [0.717, 1.165) is 12.3 Å². The number of amides is 1. The molecule has 0 unspecified atom stereocenters. The molecule has 2 rings (SSSR count). The molecular weight excluding hydrogens is 355 g/mol. The summed E-state index contributed by atoms with van der Waals surface area (Å²) < 4.78 is 38.8. The molecule has 0 spiro atoms. The molecule has 0 aromatic heterocycles. The fourth-order valence-corrected chi connectivity index (χ4v) is 2.09. The Bertz CT molecular complexity index is 857. The molecule has 128 valence electrons. The average Bonchev–Trinajstić information content (AvgIpc) is 2.57. The number of hydrogen-bond donors (Lipinski definition) is 2. The number of rotatable bonds is 4. The molecule has 0 saturated carbocycles. The van der Waals surface area contributed by atoms with E-state index >= 15 is 0 Å². The Balaban J connectivity index is 2.21. The maximum atomic E-state index is 12.9. The van der Waals surface area contributed by atoms with Gasteiger partial charge in [0.1, 0.15) is 11.6 Å². The molecule has 2 N–H and O–H groups in total. The molecule has 0 radical (unpaired) electrons. The molecule has 25 heavy (non-hydrogen) atoms. The minimum atomic E-state index is -4.57. The number of hydrogen-bond acceptors (Lipinski definition) is 3.